The summed E-state index contributed by atoms with van der Waals surface area (Å²) in [5.41, 5.74) is -1.01. The molecule has 0 radical (unpaired) electrons. The van der Waals surface area contributed by atoms with Crippen LogP contribution < -0.4 is 0 Å². The zero-order chi connectivity index (χ0) is 31.0. The van der Waals surface area contributed by atoms with Crippen molar-refractivity contribution in [2.45, 2.75) is 77.2 Å². The van der Waals surface area contributed by atoms with Crippen LogP contribution in [0.2, 0.25) is 0 Å². The van der Waals surface area contributed by atoms with Gasteiger partial charge in [-0.25, -0.2) is 8.78 Å². The van der Waals surface area contributed by atoms with Gasteiger partial charge in [-0.15, -0.1) is 0 Å². The second-order valence-electron chi connectivity index (χ2n) is 13.3. The van der Waals surface area contributed by atoms with E-state index in [1.54, 1.807) is 13.1 Å². The summed E-state index contributed by atoms with van der Waals surface area (Å²) >= 11 is 0. The Balaban J connectivity index is 1.31. The SMILES string of the molecule is CC1(C(=O)O)CCC(N2CC(CC(=O)CC(C)(C)c3ccccn3)(CC(=O)c3cc(-c4ccc(F)cc4F)on3)C2)CC1. The second-order valence-corrected chi connectivity index (χ2v) is 13.3. The van der Waals surface area contributed by atoms with Crippen LogP contribution in [0.3, 0.4) is 0 Å². The van der Waals surface area contributed by atoms with Gasteiger partial charge in [0.2, 0.25) is 0 Å². The molecule has 3 aromatic rings. The number of pyridine rings is 1. The first-order valence-corrected chi connectivity index (χ1v) is 14.7. The lowest BCUT2D eigenvalue weighted by atomic mass is 9.67. The number of likely N-dealkylation sites (tertiary alicyclic amines) is 1. The molecule has 1 aromatic carbocycles. The van der Waals surface area contributed by atoms with Crippen LogP contribution in [-0.4, -0.2) is 56.8 Å². The molecule has 8 nitrogen and oxygen atoms in total. The van der Waals surface area contributed by atoms with Gasteiger partial charge in [-0.05, 0) is 56.9 Å². The minimum absolute atomic E-state index is 0.00456. The van der Waals surface area contributed by atoms with Gasteiger partial charge in [-0.1, -0.05) is 25.1 Å². The Kier molecular flexibility index (Phi) is 8.35. The van der Waals surface area contributed by atoms with E-state index < -0.39 is 33.8 Å². The summed E-state index contributed by atoms with van der Waals surface area (Å²) in [6.07, 6.45) is 4.85. The molecule has 1 N–H and O–H groups in total. The Morgan fingerprint density at radius 3 is 2.42 bits per heavy atom. The quantitative estimate of drug-likeness (QED) is 0.260. The van der Waals surface area contributed by atoms with E-state index in [4.69, 9.17) is 4.52 Å². The van der Waals surface area contributed by atoms with Gasteiger partial charge in [0, 0.05) is 73.2 Å². The molecule has 3 heterocycles. The molecule has 1 aliphatic carbocycles. The van der Waals surface area contributed by atoms with Gasteiger partial charge in [-0.3, -0.25) is 24.3 Å². The molecule has 10 heteroatoms. The number of hydrogen-bond donors (Lipinski definition) is 1. The standard InChI is InChI=1S/C33H37F2N3O5/c1-31(2,29-6-4-5-13-36-29)16-23(39)17-33(19-38(20-33)22-9-11-32(3,12-10-22)30(41)42)18-27(40)26-15-28(43-37-26)24-8-7-21(34)14-25(24)35/h4-8,13-15,22H,9-12,16-20H2,1-3H3,(H,41,42). The predicted octanol–water partition coefficient (Wildman–Crippen LogP) is 6.25. The van der Waals surface area contributed by atoms with Crippen LogP contribution in [0.1, 0.15) is 81.9 Å². The van der Waals surface area contributed by atoms with Crippen LogP contribution in [0.4, 0.5) is 8.78 Å². The number of rotatable bonds is 11. The van der Waals surface area contributed by atoms with Gasteiger partial charge in [0.1, 0.15) is 23.1 Å². The second kappa shape index (κ2) is 11.7. The van der Waals surface area contributed by atoms with E-state index in [0.29, 0.717) is 25.9 Å². The van der Waals surface area contributed by atoms with Gasteiger partial charge >= 0.3 is 5.97 Å². The molecule has 2 aliphatic rings. The highest BCUT2D eigenvalue weighted by Crippen LogP contribution is 2.46. The monoisotopic (exact) mass is 593 g/mol. The molecular formula is C33H37F2N3O5. The summed E-state index contributed by atoms with van der Waals surface area (Å²) in [6.45, 7) is 6.80. The summed E-state index contributed by atoms with van der Waals surface area (Å²) in [5, 5.41) is 13.5. The van der Waals surface area contributed by atoms with Crippen molar-refractivity contribution in [3.8, 4) is 11.3 Å². The number of benzene rings is 1. The molecule has 2 aromatic heterocycles. The van der Waals surface area contributed by atoms with Crippen molar-refractivity contribution >= 4 is 17.5 Å². The lowest BCUT2D eigenvalue weighted by Gasteiger charge is -2.55. The molecule has 0 atom stereocenters. The van der Waals surface area contributed by atoms with Crippen LogP contribution in [-0.2, 0) is 15.0 Å². The fraction of sp³-hybridized carbons (Fsp3) is 0.485. The molecule has 1 saturated heterocycles. The highest BCUT2D eigenvalue weighted by Gasteiger charge is 2.50. The number of aliphatic carboxylic acids is 1. The molecule has 1 saturated carbocycles. The molecule has 0 bridgehead atoms. The molecule has 1 aliphatic heterocycles. The number of aromatic nitrogens is 2. The molecule has 0 amide bonds. The van der Waals surface area contributed by atoms with Gasteiger partial charge in [-0.2, -0.15) is 0 Å². The lowest BCUT2D eigenvalue weighted by Crippen LogP contribution is -2.62. The van der Waals surface area contributed by atoms with Gasteiger partial charge in [0.15, 0.2) is 11.5 Å². The first kappa shape index (κ1) is 30.7. The van der Waals surface area contributed by atoms with Crippen LogP contribution in [0.25, 0.3) is 11.3 Å². The van der Waals surface area contributed by atoms with Crippen molar-refractivity contribution < 1.29 is 32.8 Å². The van der Waals surface area contributed by atoms with Crippen molar-refractivity contribution in [3.05, 3.63) is 71.7 Å². The number of carboxylic acids is 1. The van der Waals surface area contributed by atoms with E-state index in [2.05, 4.69) is 15.0 Å². The molecule has 0 unspecified atom stereocenters. The average molecular weight is 594 g/mol. The Hall–Kier alpha value is -3.79. The summed E-state index contributed by atoms with van der Waals surface area (Å²) in [6, 6.07) is 10.2. The van der Waals surface area contributed by atoms with Crippen molar-refractivity contribution in [3.63, 3.8) is 0 Å². The van der Waals surface area contributed by atoms with Crippen LogP contribution in [0.15, 0.2) is 53.2 Å². The number of Topliss-reactive ketones (excluding diaryl/α,β-unsaturated/α-hetero) is 2. The maximum absolute atomic E-state index is 14.3. The summed E-state index contributed by atoms with van der Waals surface area (Å²) < 4.78 is 32.9. The van der Waals surface area contributed by atoms with E-state index in [-0.39, 0.29) is 53.9 Å². The van der Waals surface area contributed by atoms with E-state index in [0.717, 1.165) is 30.7 Å². The van der Waals surface area contributed by atoms with Crippen LogP contribution in [0.5, 0.6) is 0 Å². The number of carbonyl (C=O) groups excluding carboxylic acids is 2. The van der Waals surface area contributed by atoms with E-state index >= 15 is 0 Å². The molecule has 2 fully saturated rings. The van der Waals surface area contributed by atoms with Gasteiger partial charge in [0.05, 0.1) is 11.0 Å². The van der Waals surface area contributed by atoms with E-state index in [9.17, 15) is 28.3 Å². The summed E-state index contributed by atoms with van der Waals surface area (Å²) in [4.78, 5) is 45.4. The molecule has 5 rings (SSSR count). The van der Waals surface area contributed by atoms with E-state index in [1.165, 1.54) is 12.1 Å². The molecule has 0 spiro atoms. The Morgan fingerprint density at radius 1 is 1.07 bits per heavy atom. The number of carbonyl (C=O) groups is 3. The first-order chi connectivity index (χ1) is 20.3. The fourth-order valence-electron chi connectivity index (χ4n) is 6.66. The fourth-order valence-corrected chi connectivity index (χ4v) is 6.66. The smallest absolute Gasteiger partial charge is 0.309 e. The van der Waals surface area contributed by atoms with Crippen molar-refractivity contribution in [2.75, 3.05) is 13.1 Å². The van der Waals surface area contributed by atoms with Crippen LogP contribution >= 0.6 is 0 Å². The van der Waals surface area contributed by atoms with Crippen molar-refractivity contribution in [1.29, 1.82) is 0 Å². The largest absolute Gasteiger partial charge is 0.481 e. The van der Waals surface area contributed by atoms with Crippen molar-refractivity contribution in [1.82, 2.24) is 15.0 Å². The van der Waals surface area contributed by atoms with Gasteiger partial charge in [0.25, 0.3) is 0 Å². The Morgan fingerprint density at radius 2 is 1.79 bits per heavy atom. The number of carboxylic acid groups (broad SMARTS) is 1. The van der Waals surface area contributed by atoms with Crippen LogP contribution in [0, 0.1) is 22.5 Å². The molecular weight excluding hydrogens is 556 g/mol. The Labute approximate surface area is 249 Å². The lowest BCUT2D eigenvalue weighted by molar-refractivity contribution is -0.152. The zero-order valence-electron chi connectivity index (χ0n) is 24.7. The maximum atomic E-state index is 14.3. The predicted molar refractivity (Wildman–Crippen MR) is 154 cm³/mol. The third-order valence-electron chi connectivity index (χ3n) is 9.27. The third-order valence-corrected chi connectivity index (χ3v) is 9.27. The Bertz CT molecular complexity index is 1510. The highest BCUT2D eigenvalue weighted by atomic mass is 19.1. The zero-order valence-corrected chi connectivity index (χ0v) is 24.7. The number of nitrogens with zero attached hydrogens (tertiary/aromatic N) is 3. The summed E-state index contributed by atoms with van der Waals surface area (Å²) in [7, 11) is 0. The molecule has 43 heavy (non-hydrogen) atoms. The van der Waals surface area contributed by atoms with Crippen molar-refractivity contribution in [2.24, 2.45) is 10.8 Å². The minimum atomic E-state index is -0.825. The molecule has 228 valence electrons. The number of halogens is 2. The third kappa shape index (κ3) is 6.59. The highest BCUT2D eigenvalue weighted by molar-refractivity contribution is 5.96. The number of hydrogen-bond acceptors (Lipinski definition) is 7. The topological polar surface area (TPSA) is 114 Å². The van der Waals surface area contributed by atoms with Gasteiger partial charge < -0.3 is 9.63 Å². The average Bonchev–Trinajstić information content (AvgIpc) is 3.42. The normalized spacial score (nSPS) is 22.1. The number of ketones is 2. The first-order valence-electron chi connectivity index (χ1n) is 14.7. The van der Waals surface area contributed by atoms with E-state index in [1.807, 2.05) is 32.0 Å². The maximum Gasteiger partial charge on any atom is 0.309 e. The summed E-state index contributed by atoms with van der Waals surface area (Å²) in [5.74, 6) is -2.61. The minimum Gasteiger partial charge on any atom is -0.481 e.